The Hall–Kier alpha value is -2.77. The van der Waals surface area contributed by atoms with Crippen LogP contribution in [0.15, 0.2) is 53.4 Å². The largest absolute Gasteiger partial charge is 0.336 e. The third kappa shape index (κ3) is 3.70. The zero-order valence-electron chi connectivity index (χ0n) is 17.4. The second-order valence-electron chi connectivity index (χ2n) is 7.79. The molecule has 1 amide bonds. The monoisotopic (exact) mass is 423 g/mol. The normalized spacial score (nSPS) is 15.5. The number of sulfonamides is 1. The van der Waals surface area contributed by atoms with Crippen molar-refractivity contribution in [1.82, 2.24) is 14.2 Å². The molecular formula is C23H25N3O3S. The summed E-state index contributed by atoms with van der Waals surface area (Å²) < 4.78 is 27.7. The molecule has 2 heterocycles. The van der Waals surface area contributed by atoms with Crippen LogP contribution in [0, 0.1) is 20.8 Å². The summed E-state index contributed by atoms with van der Waals surface area (Å²) in [5.41, 5.74) is 3.96. The van der Waals surface area contributed by atoms with E-state index in [0.717, 1.165) is 27.7 Å². The second kappa shape index (κ2) is 7.81. The number of carbonyl (C=O) groups is 1. The Morgan fingerprint density at radius 2 is 1.63 bits per heavy atom. The van der Waals surface area contributed by atoms with Gasteiger partial charge >= 0.3 is 0 Å². The minimum atomic E-state index is -3.58. The topological polar surface area (TPSA) is 70.6 Å². The maximum Gasteiger partial charge on any atom is 0.254 e. The zero-order chi connectivity index (χ0) is 21.5. The molecule has 156 valence electrons. The lowest BCUT2D eigenvalue weighted by atomic mass is 10.1. The van der Waals surface area contributed by atoms with E-state index in [-0.39, 0.29) is 19.0 Å². The quantitative estimate of drug-likeness (QED) is 0.648. The van der Waals surface area contributed by atoms with Gasteiger partial charge in [-0.05, 0) is 44.5 Å². The van der Waals surface area contributed by atoms with E-state index in [1.165, 1.54) is 4.31 Å². The summed E-state index contributed by atoms with van der Waals surface area (Å²) in [6, 6.07) is 14.8. The van der Waals surface area contributed by atoms with Gasteiger partial charge in [0.05, 0.1) is 16.0 Å². The van der Waals surface area contributed by atoms with Gasteiger partial charge in [-0.25, -0.2) is 8.42 Å². The number of piperazine rings is 1. The maximum atomic E-state index is 13.2. The molecule has 7 heteroatoms. The summed E-state index contributed by atoms with van der Waals surface area (Å²) in [4.78, 5) is 19.8. The number of hydrogen-bond donors (Lipinski definition) is 0. The fourth-order valence-corrected chi connectivity index (χ4v) is 5.64. The van der Waals surface area contributed by atoms with E-state index < -0.39 is 10.0 Å². The maximum absolute atomic E-state index is 13.2. The van der Waals surface area contributed by atoms with Crippen LogP contribution in [0.3, 0.4) is 0 Å². The first-order valence-electron chi connectivity index (χ1n) is 10.0. The molecule has 0 aliphatic carbocycles. The Bertz CT molecular complexity index is 1230. The molecule has 1 saturated heterocycles. The average Bonchev–Trinajstić information content (AvgIpc) is 2.72. The summed E-state index contributed by atoms with van der Waals surface area (Å²) in [5, 5.41) is 0.818. The van der Waals surface area contributed by atoms with Crippen molar-refractivity contribution in [2.45, 2.75) is 25.7 Å². The number of carbonyl (C=O) groups excluding carboxylic acids is 1. The molecule has 3 aromatic rings. The molecule has 0 spiro atoms. The van der Waals surface area contributed by atoms with Gasteiger partial charge in [-0.15, -0.1) is 0 Å². The number of hydrogen-bond acceptors (Lipinski definition) is 4. The predicted molar refractivity (Wildman–Crippen MR) is 117 cm³/mol. The van der Waals surface area contributed by atoms with Crippen molar-refractivity contribution in [3.63, 3.8) is 0 Å². The van der Waals surface area contributed by atoms with Crippen LogP contribution in [0.2, 0.25) is 0 Å². The molecule has 0 N–H and O–H groups in total. The molecule has 1 aliphatic rings. The van der Waals surface area contributed by atoms with E-state index in [1.807, 2.05) is 63.2 Å². The molecule has 4 rings (SSSR count). The summed E-state index contributed by atoms with van der Waals surface area (Å²) in [6.07, 6.45) is 0. The third-order valence-electron chi connectivity index (χ3n) is 5.55. The van der Waals surface area contributed by atoms with Crippen LogP contribution in [0.5, 0.6) is 0 Å². The van der Waals surface area contributed by atoms with Crippen molar-refractivity contribution < 1.29 is 13.2 Å². The molecule has 6 nitrogen and oxygen atoms in total. The summed E-state index contributed by atoms with van der Waals surface area (Å²) in [7, 11) is -3.58. The second-order valence-corrected chi connectivity index (χ2v) is 9.70. The van der Waals surface area contributed by atoms with Gasteiger partial charge in [0.25, 0.3) is 5.91 Å². The molecule has 1 aliphatic heterocycles. The number of rotatable bonds is 3. The first kappa shape index (κ1) is 20.5. The average molecular weight is 424 g/mol. The standard InChI is InChI=1S/C23H25N3O3S/c1-16-8-9-22(17(2)14-16)30(28,29)26-12-10-25(11-13-26)23(27)20-15-18(3)24-21-7-5-4-6-19(20)21/h4-9,14-15H,10-13H2,1-3H3. The Morgan fingerprint density at radius 1 is 0.933 bits per heavy atom. The van der Waals surface area contributed by atoms with Gasteiger partial charge in [-0.2, -0.15) is 4.31 Å². The highest BCUT2D eigenvalue weighted by Crippen LogP contribution is 2.24. The number of amides is 1. The van der Waals surface area contributed by atoms with Crippen LogP contribution in [0.1, 0.15) is 27.2 Å². The van der Waals surface area contributed by atoms with Gasteiger partial charge in [-0.1, -0.05) is 35.9 Å². The van der Waals surface area contributed by atoms with Crippen molar-refractivity contribution in [3.05, 3.63) is 70.9 Å². The third-order valence-corrected chi connectivity index (χ3v) is 7.61. The van der Waals surface area contributed by atoms with Crippen molar-refractivity contribution in [2.24, 2.45) is 0 Å². The number of nitrogens with zero attached hydrogens (tertiary/aromatic N) is 3. The number of para-hydroxylation sites is 1. The Balaban J connectivity index is 1.54. The van der Waals surface area contributed by atoms with E-state index in [1.54, 1.807) is 11.0 Å². The van der Waals surface area contributed by atoms with Gasteiger partial charge in [0.2, 0.25) is 10.0 Å². The molecule has 0 bridgehead atoms. The number of pyridine rings is 1. The van der Waals surface area contributed by atoms with Crippen molar-refractivity contribution >= 4 is 26.8 Å². The van der Waals surface area contributed by atoms with Gasteiger partial charge < -0.3 is 4.90 Å². The first-order chi connectivity index (χ1) is 14.3. The SMILES string of the molecule is Cc1ccc(S(=O)(=O)N2CCN(C(=O)c3cc(C)nc4ccccc34)CC2)c(C)c1. The van der Waals surface area contributed by atoms with Gasteiger partial charge in [0, 0.05) is 37.3 Å². The zero-order valence-corrected chi connectivity index (χ0v) is 18.2. The van der Waals surface area contributed by atoms with Crippen LogP contribution in [-0.2, 0) is 10.0 Å². The first-order valence-corrected chi connectivity index (χ1v) is 11.4. The minimum Gasteiger partial charge on any atom is -0.336 e. The highest BCUT2D eigenvalue weighted by molar-refractivity contribution is 7.89. The molecule has 0 saturated carbocycles. The fraction of sp³-hybridized carbons (Fsp3) is 0.304. The lowest BCUT2D eigenvalue weighted by Crippen LogP contribution is -2.50. The van der Waals surface area contributed by atoms with E-state index >= 15 is 0 Å². The van der Waals surface area contributed by atoms with E-state index in [9.17, 15) is 13.2 Å². The summed E-state index contributed by atoms with van der Waals surface area (Å²) in [6.45, 7) is 6.91. The summed E-state index contributed by atoms with van der Waals surface area (Å²) >= 11 is 0. The number of benzene rings is 2. The molecular weight excluding hydrogens is 398 g/mol. The van der Waals surface area contributed by atoms with Gasteiger partial charge in [0.1, 0.15) is 0 Å². The van der Waals surface area contributed by atoms with Crippen molar-refractivity contribution in [3.8, 4) is 0 Å². The van der Waals surface area contributed by atoms with Crippen LogP contribution in [0.25, 0.3) is 10.9 Å². The fourth-order valence-electron chi connectivity index (χ4n) is 4.01. The van der Waals surface area contributed by atoms with Crippen LogP contribution < -0.4 is 0 Å². The Labute approximate surface area is 177 Å². The molecule has 0 radical (unpaired) electrons. The van der Waals surface area contributed by atoms with Crippen molar-refractivity contribution in [1.29, 1.82) is 0 Å². The van der Waals surface area contributed by atoms with Gasteiger partial charge in [-0.3, -0.25) is 9.78 Å². The lowest BCUT2D eigenvalue weighted by molar-refractivity contribution is 0.0699. The molecule has 1 fully saturated rings. The highest BCUT2D eigenvalue weighted by Gasteiger charge is 2.31. The number of aromatic nitrogens is 1. The molecule has 1 aromatic heterocycles. The van der Waals surface area contributed by atoms with Crippen molar-refractivity contribution in [2.75, 3.05) is 26.2 Å². The highest BCUT2D eigenvalue weighted by atomic mass is 32.2. The lowest BCUT2D eigenvalue weighted by Gasteiger charge is -2.34. The molecule has 30 heavy (non-hydrogen) atoms. The van der Waals surface area contributed by atoms with E-state index in [4.69, 9.17) is 0 Å². The smallest absolute Gasteiger partial charge is 0.254 e. The van der Waals surface area contributed by atoms with E-state index in [2.05, 4.69) is 4.98 Å². The van der Waals surface area contributed by atoms with Gasteiger partial charge in [0.15, 0.2) is 0 Å². The predicted octanol–water partition coefficient (Wildman–Crippen LogP) is 3.31. The molecule has 0 unspecified atom stereocenters. The van der Waals surface area contributed by atoms with Crippen LogP contribution in [-0.4, -0.2) is 54.7 Å². The Morgan fingerprint density at radius 3 is 2.33 bits per heavy atom. The Kier molecular flexibility index (Phi) is 5.34. The summed E-state index contributed by atoms with van der Waals surface area (Å²) in [5.74, 6) is -0.0831. The molecule has 2 aromatic carbocycles. The van der Waals surface area contributed by atoms with Crippen LogP contribution >= 0.6 is 0 Å². The van der Waals surface area contributed by atoms with E-state index in [0.29, 0.717) is 23.5 Å². The number of fused-ring (bicyclic) bond motifs is 1. The minimum absolute atomic E-state index is 0.0831. The number of aryl methyl sites for hydroxylation is 3. The molecule has 0 atom stereocenters. The van der Waals surface area contributed by atoms with Crippen LogP contribution in [0.4, 0.5) is 0 Å².